The molecule has 0 fully saturated rings. The molecule has 3 rings (SSSR count). The first-order chi connectivity index (χ1) is 9.22. The van der Waals surface area contributed by atoms with Crippen LogP contribution in [0.15, 0.2) is 47.9 Å². The molecule has 0 radical (unpaired) electrons. The fraction of sp³-hybridized carbons (Fsp3) is 0.0714. The molecule has 0 saturated carbocycles. The third kappa shape index (κ3) is 1.67. The smallest absolute Gasteiger partial charge is 0.280 e. The maximum Gasteiger partial charge on any atom is 0.280 e. The second kappa shape index (κ2) is 4.20. The maximum absolute atomic E-state index is 11.9. The van der Waals surface area contributed by atoms with Gasteiger partial charge in [-0.15, -0.1) is 0 Å². The Morgan fingerprint density at radius 1 is 1.16 bits per heavy atom. The number of pyridine rings is 1. The number of benzene rings is 1. The zero-order valence-electron chi connectivity index (χ0n) is 10.2. The van der Waals surface area contributed by atoms with Gasteiger partial charge in [-0.05, 0) is 35.4 Å². The van der Waals surface area contributed by atoms with Crippen LogP contribution in [0.25, 0.3) is 11.1 Å². The fourth-order valence-electron chi connectivity index (χ4n) is 2.22. The molecule has 2 aromatic rings. The molecule has 5 heteroatoms. The van der Waals surface area contributed by atoms with Gasteiger partial charge >= 0.3 is 0 Å². The van der Waals surface area contributed by atoms with Crippen molar-refractivity contribution in [1.29, 1.82) is 0 Å². The lowest BCUT2D eigenvalue weighted by Gasteiger charge is -2.09. The Balaban J connectivity index is 2.16. The Labute approximate surface area is 109 Å². The van der Waals surface area contributed by atoms with Crippen LogP contribution in [0.5, 0.6) is 0 Å². The van der Waals surface area contributed by atoms with Gasteiger partial charge in [-0.2, -0.15) is 0 Å². The molecule has 2 heterocycles. The van der Waals surface area contributed by atoms with Crippen LogP contribution in [0.1, 0.15) is 5.56 Å². The van der Waals surface area contributed by atoms with Crippen molar-refractivity contribution in [2.75, 3.05) is 11.9 Å². The molecule has 0 bridgehead atoms. The second-order valence-corrected chi connectivity index (χ2v) is 4.28. The summed E-state index contributed by atoms with van der Waals surface area (Å²) >= 11 is 0. The second-order valence-electron chi connectivity index (χ2n) is 4.28. The molecule has 0 unspecified atom stereocenters. The van der Waals surface area contributed by atoms with Crippen molar-refractivity contribution in [2.24, 2.45) is 5.16 Å². The Hall–Kier alpha value is -2.69. The van der Waals surface area contributed by atoms with Gasteiger partial charge in [0.05, 0.1) is 5.69 Å². The zero-order chi connectivity index (χ0) is 13.4. The highest BCUT2D eigenvalue weighted by Crippen LogP contribution is 2.32. The number of hydrogen-bond donors (Lipinski definition) is 1. The Morgan fingerprint density at radius 2 is 1.89 bits per heavy atom. The van der Waals surface area contributed by atoms with Crippen molar-refractivity contribution < 1.29 is 10.0 Å². The standard InChI is InChI=1S/C14H11N3O2/c1-17-12-3-2-10(9-4-6-15-7-5-9)8-11(12)13(16-19)14(17)18/h2-8,19H,1H3. The van der Waals surface area contributed by atoms with Crippen molar-refractivity contribution in [2.45, 2.75) is 0 Å². The van der Waals surface area contributed by atoms with E-state index in [-0.39, 0.29) is 11.6 Å². The molecule has 1 aromatic heterocycles. The van der Waals surface area contributed by atoms with Crippen molar-refractivity contribution in [1.82, 2.24) is 4.98 Å². The lowest BCUT2D eigenvalue weighted by molar-refractivity contribution is -0.112. The summed E-state index contributed by atoms with van der Waals surface area (Å²) in [6.45, 7) is 0. The van der Waals surface area contributed by atoms with E-state index >= 15 is 0 Å². The van der Waals surface area contributed by atoms with E-state index in [2.05, 4.69) is 10.1 Å². The van der Waals surface area contributed by atoms with E-state index in [1.54, 1.807) is 19.4 Å². The van der Waals surface area contributed by atoms with Crippen LogP contribution in [0.3, 0.4) is 0 Å². The normalized spacial score (nSPS) is 15.9. The molecule has 0 saturated heterocycles. The largest absolute Gasteiger partial charge is 0.410 e. The summed E-state index contributed by atoms with van der Waals surface area (Å²) in [6.07, 6.45) is 3.42. The lowest BCUT2D eigenvalue weighted by Crippen LogP contribution is -2.25. The average molecular weight is 253 g/mol. The van der Waals surface area contributed by atoms with Gasteiger partial charge in [0.2, 0.25) is 0 Å². The van der Waals surface area contributed by atoms with Crippen LogP contribution >= 0.6 is 0 Å². The first kappa shape index (κ1) is 11.4. The van der Waals surface area contributed by atoms with E-state index in [0.29, 0.717) is 5.56 Å². The first-order valence-corrected chi connectivity index (χ1v) is 5.77. The quantitative estimate of drug-likeness (QED) is 0.623. The molecular weight excluding hydrogens is 242 g/mol. The van der Waals surface area contributed by atoms with Gasteiger partial charge < -0.3 is 10.1 Å². The summed E-state index contributed by atoms with van der Waals surface area (Å²) in [4.78, 5) is 17.3. The first-order valence-electron chi connectivity index (χ1n) is 5.77. The molecule has 5 nitrogen and oxygen atoms in total. The van der Waals surface area contributed by atoms with Gasteiger partial charge in [-0.1, -0.05) is 11.2 Å². The van der Waals surface area contributed by atoms with E-state index in [9.17, 15) is 4.79 Å². The number of oxime groups is 1. The van der Waals surface area contributed by atoms with Gasteiger partial charge in [-0.3, -0.25) is 9.78 Å². The molecule has 19 heavy (non-hydrogen) atoms. The highest BCUT2D eigenvalue weighted by atomic mass is 16.4. The van der Waals surface area contributed by atoms with Crippen molar-refractivity contribution in [3.63, 3.8) is 0 Å². The molecule has 94 valence electrons. The predicted octanol–water partition coefficient (Wildman–Crippen LogP) is 1.90. The number of amides is 1. The number of anilines is 1. The maximum atomic E-state index is 11.9. The zero-order valence-corrected chi connectivity index (χ0v) is 10.2. The molecular formula is C14H11N3O2. The van der Waals surface area contributed by atoms with E-state index in [0.717, 1.165) is 16.8 Å². The van der Waals surface area contributed by atoms with E-state index in [1.807, 2.05) is 30.3 Å². The van der Waals surface area contributed by atoms with Gasteiger partial charge in [0.15, 0.2) is 5.71 Å². The Bertz CT molecular complexity index is 680. The summed E-state index contributed by atoms with van der Waals surface area (Å²) < 4.78 is 0. The van der Waals surface area contributed by atoms with E-state index < -0.39 is 0 Å². The summed E-state index contributed by atoms with van der Waals surface area (Å²) in [7, 11) is 1.66. The van der Waals surface area contributed by atoms with E-state index in [4.69, 9.17) is 5.21 Å². The van der Waals surface area contributed by atoms with Crippen LogP contribution < -0.4 is 4.90 Å². The summed E-state index contributed by atoms with van der Waals surface area (Å²) in [5, 5.41) is 12.1. The highest BCUT2D eigenvalue weighted by molar-refractivity contribution is 6.54. The lowest BCUT2D eigenvalue weighted by atomic mass is 10.0. The molecule has 1 amide bonds. The number of likely N-dealkylation sites (N-methyl/N-ethyl adjacent to an activating group) is 1. The molecule has 1 aliphatic rings. The summed E-state index contributed by atoms with van der Waals surface area (Å²) in [5.41, 5.74) is 3.41. The van der Waals surface area contributed by atoms with Crippen LogP contribution in [0.4, 0.5) is 5.69 Å². The molecule has 0 spiro atoms. The third-order valence-electron chi connectivity index (χ3n) is 3.23. The Kier molecular flexibility index (Phi) is 2.52. The predicted molar refractivity (Wildman–Crippen MR) is 71.4 cm³/mol. The number of aromatic nitrogens is 1. The third-order valence-corrected chi connectivity index (χ3v) is 3.23. The van der Waals surface area contributed by atoms with Crippen LogP contribution in [-0.2, 0) is 4.79 Å². The van der Waals surface area contributed by atoms with Crippen molar-refractivity contribution >= 4 is 17.3 Å². The number of hydrogen-bond acceptors (Lipinski definition) is 4. The molecule has 0 aliphatic carbocycles. The minimum absolute atomic E-state index is 0.0772. The molecule has 1 N–H and O–H groups in total. The van der Waals surface area contributed by atoms with Crippen LogP contribution in [0.2, 0.25) is 0 Å². The SMILES string of the molecule is CN1C(=O)C(=NO)c2cc(-c3ccncc3)ccc21. The summed E-state index contributed by atoms with van der Waals surface area (Å²) in [5.74, 6) is -0.302. The van der Waals surface area contributed by atoms with E-state index in [1.165, 1.54) is 4.90 Å². The van der Waals surface area contributed by atoms with Crippen molar-refractivity contribution in [3.8, 4) is 11.1 Å². The minimum Gasteiger partial charge on any atom is -0.410 e. The molecule has 1 aliphatic heterocycles. The number of fused-ring (bicyclic) bond motifs is 1. The fourth-order valence-corrected chi connectivity index (χ4v) is 2.22. The van der Waals surface area contributed by atoms with Crippen LogP contribution in [-0.4, -0.2) is 28.9 Å². The number of rotatable bonds is 1. The molecule has 1 aromatic carbocycles. The summed E-state index contributed by atoms with van der Waals surface area (Å²) in [6, 6.07) is 9.40. The monoisotopic (exact) mass is 253 g/mol. The number of nitrogens with zero attached hydrogens (tertiary/aromatic N) is 3. The van der Waals surface area contributed by atoms with Gasteiger partial charge in [0, 0.05) is 25.0 Å². The minimum atomic E-state index is -0.302. The number of carbonyl (C=O) groups is 1. The highest BCUT2D eigenvalue weighted by Gasteiger charge is 2.32. The Morgan fingerprint density at radius 3 is 2.58 bits per heavy atom. The van der Waals surface area contributed by atoms with Gasteiger partial charge in [-0.25, -0.2) is 0 Å². The molecule has 0 atom stereocenters. The average Bonchev–Trinajstić information content (AvgIpc) is 2.71. The van der Waals surface area contributed by atoms with Crippen LogP contribution in [0, 0.1) is 0 Å². The van der Waals surface area contributed by atoms with Gasteiger partial charge in [0.1, 0.15) is 0 Å². The number of carbonyl (C=O) groups excluding carboxylic acids is 1. The van der Waals surface area contributed by atoms with Crippen molar-refractivity contribution in [3.05, 3.63) is 48.3 Å². The topological polar surface area (TPSA) is 65.8 Å². The van der Waals surface area contributed by atoms with Gasteiger partial charge in [0.25, 0.3) is 5.91 Å².